The summed E-state index contributed by atoms with van der Waals surface area (Å²) in [6.07, 6.45) is 19.5. The van der Waals surface area contributed by atoms with Gasteiger partial charge in [-0.1, -0.05) is 72.4 Å². The van der Waals surface area contributed by atoms with Crippen molar-refractivity contribution in [3.8, 4) is 0 Å². The third-order valence-electron chi connectivity index (χ3n) is 5.68. The van der Waals surface area contributed by atoms with Crippen molar-refractivity contribution < 1.29 is 0 Å². The van der Waals surface area contributed by atoms with Gasteiger partial charge in [-0.2, -0.15) is 0 Å². The normalized spacial score (nSPS) is 29.0. The van der Waals surface area contributed by atoms with Crippen molar-refractivity contribution in [1.82, 2.24) is 0 Å². The molecule has 0 N–H and O–H groups in total. The summed E-state index contributed by atoms with van der Waals surface area (Å²) >= 11 is 0. The first kappa shape index (κ1) is 16.3. The van der Waals surface area contributed by atoms with Crippen molar-refractivity contribution >= 4 is 5.71 Å². The van der Waals surface area contributed by atoms with Crippen molar-refractivity contribution in [1.29, 1.82) is 0 Å². The molecule has 0 radical (unpaired) electrons. The SMILES string of the molecule is CC1=CC=CC(C2CC(c3ccccc3)CC(C3=CCCC=C3)=N2)C1. The third-order valence-corrected chi connectivity index (χ3v) is 5.68. The standard InChI is InChI=1S/C24H27N/c1-18-9-8-14-21(15-18)24-17-22(19-10-4-2-5-11-19)16-23(25-24)20-12-6-3-7-13-20/h2,4-6,8-14,21-22,24H,3,7,15-17H2,1H3. The second-order valence-corrected chi connectivity index (χ2v) is 7.60. The molecule has 1 heteroatoms. The van der Waals surface area contributed by atoms with Crippen LogP contribution in [0.3, 0.4) is 0 Å². The Morgan fingerprint density at radius 2 is 1.92 bits per heavy atom. The Morgan fingerprint density at radius 3 is 2.68 bits per heavy atom. The highest BCUT2D eigenvalue weighted by Gasteiger charge is 2.30. The van der Waals surface area contributed by atoms with E-state index in [9.17, 15) is 0 Å². The summed E-state index contributed by atoms with van der Waals surface area (Å²) in [5.74, 6) is 1.12. The second kappa shape index (κ2) is 7.39. The summed E-state index contributed by atoms with van der Waals surface area (Å²) in [5, 5.41) is 0. The monoisotopic (exact) mass is 329 g/mol. The van der Waals surface area contributed by atoms with Crippen molar-refractivity contribution in [2.75, 3.05) is 0 Å². The number of nitrogens with zero attached hydrogens (tertiary/aromatic N) is 1. The fourth-order valence-electron chi connectivity index (χ4n) is 4.32. The number of aliphatic imine (C=N–C) groups is 1. The minimum atomic E-state index is 0.394. The second-order valence-electron chi connectivity index (χ2n) is 7.60. The largest absolute Gasteiger partial charge is 0.285 e. The maximum Gasteiger partial charge on any atom is 0.0574 e. The number of hydrogen-bond donors (Lipinski definition) is 0. The van der Waals surface area contributed by atoms with Crippen molar-refractivity contribution in [3.63, 3.8) is 0 Å². The van der Waals surface area contributed by atoms with Gasteiger partial charge in [0, 0.05) is 11.6 Å². The molecule has 1 aromatic carbocycles. The van der Waals surface area contributed by atoms with Crippen molar-refractivity contribution in [2.45, 2.75) is 51.0 Å². The number of rotatable bonds is 3. The van der Waals surface area contributed by atoms with Crippen LogP contribution < -0.4 is 0 Å². The molecule has 0 bridgehead atoms. The Kier molecular flexibility index (Phi) is 4.83. The fourth-order valence-corrected chi connectivity index (χ4v) is 4.32. The quantitative estimate of drug-likeness (QED) is 0.628. The van der Waals surface area contributed by atoms with E-state index in [1.54, 1.807) is 0 Å². The minimum absolute atomic E-state index is 0.394. The highest BCUT2D eigenvalue weighted by Crippen LogP contribution is 2.37. The molecule has 0 spiro atoms. The molecule has 128 valence electrons. The molecule has 3 aliphatic rings. The first-order valence-corrected chi connectivity index (χ1v) is 9.62. The van der Waals surface area contributed by atoms with Gasteiger partial charge in [-0.25, -0.2) is 0 Å². The smallest absolute Gasteiger partial charge is 0.0574 e. The van der Waals surface area contributed by atoms with Gasteiger partial charge in [-0.05, 0) is 56.1 Å². The maximum absolute atomic E-state index is 5.26. The Hall–Kier alpha value is -2.15. The first-order chi connectivity index (χ1) is 12.3. The molecule has 0 saturated heterocycles. The molecule has 0 amide bonds. The molecule has 25 heavy (non-hydrogen) atoms. The Morgan fingerprint density at radius 1 is 1.04 bits per heavy atom. The molecule has 3 unspecified atom stereocenters. The molecule has 0 saturated carbocycles. The summed E-state index contributed by atoms with van der Waals surface area (Å²) in [4.78, 5) is 5.26. The Bertz CT molecular complexity index is 761. The molecule has 4 rings (SSSR count). The highest BCUT2D eigenvalue weighted by atomic mass is 14.8. The van der Waals surface area contributed by atoms with Crippen LogP contribution in [0.2, 0.25) is 0 Å². The lowest BCUT2D eigenvalue weighted by Gasteiger charge is -2.33. The zero-order chi connectivity index (χ0) is 17.1. The van der Waals surface area contributed by atoms with E-state index in [1.165, 1.54) is 22.4 Å². The van der Waals surface area contributed by atoms with Crippen LogP contribution in [0.1, 0.15) is 50.5 Å². The zero-order valence-corrected chi connectivity index (χ0v) is 15.1. The predicted molar refractivity (Wildman–Crippen MR) is 107 cm³/mol. The lowest BCUT2D eigenvalue weighted by molar-refractivity contribution is 0.417. The molecule has 1 aliphatic heterocycles. The number of benzene rings is 1. The molecule has 1 nitrogen and oxygen atoms in total. The summed E-state index contributed by atoms with van der Waals surface area (Å²) in [6, 6.07) is 11.4. The van der Waals surface area contributed by atoms with E-state index in [-0.39, 0.29) is 0 Å². The van der Waals surface area contributed by atoms with Crippen LogP contribution in [-0.2, 0) is 0 Å². The summed E-state index contributed by atoms with van der Waals surface area (Å²) < 4.78 is 0. The molecule has 2 aliphatic carbocycles. The Balaban J connectivity index is 1.64. The van der Waals surface area contributed by atoms with Crippen LogP contribution in [0.25, 0.3) is 0 Å². The molecule has 0 aromatic heterocycles. The van der Waals surface area contributed by atoms with Crippen LogP contribution in [0.15, 0.2) is 82.9 Å². The van der Waals surface area contributed by atoms with Crippen LogP contribution in [0.5, 0.6) is 0 Å². The summed E-state index contributed by atoms with van der Waals surface area (Å²) in [6.45, 7) is 2.24. The van der Waals surface area contributed by atoms with Crippen LogP contribution in [0, 0.1) is 5.92 Å². The number of hydrogen-bond acceptors (Lipinski definition) is 1. The van der Waals surface area contributed by atoms with Crippen LogP contribution in [-0.4, -0.2) is 11.8 Å². The number of allylic oxidation sites excluding steroid dienone is 7. The van der Waals surface area contributed by atoms with Crippen LogP contribution in [0.4, 0.5) is 0 Å². The average Bonchev–Trinajstić information content (AvgIpc) is 2.69. The predicted octanol–water partition coefficient (Wildman–Crippen LogP) is 6.17. The topological polar surface area (TPSA) is 12.4 Å². The molecule has 1 heterocycles. The van der Waals surface area contributed by atoms with Crippen molar-refractivity contribution in [3.05, 3.63) is 83.5 Å². The van der Waals surface area contributed by atoms with E-state index >= 15 is 0 Å². The van der Waals surface area contributed by atoms with E-state index in [0.717, 1.165) is 32.1 Å². The van der Waals surface area contributed by atoms with Gasteiger partial charge in [-0.15, -0.1) is 0 Å². The lowest BCUT2D eigenvalue weighted by atomic mass is 9.77. The molecular weight excluding hydrogens is 302 g/mol. The average molecular weight is 329 g/mol. The first-order valence-electron chi connectivity index (χ1n) is 9.62. The molecule has 3 atom stereocenters. The lowest BCUT2D eigenvalue weighted by Crippen LogP contribution is -2.29. The Labute approximate surface area is 151 Å². The van der Waals surface area contributed by atoms with Gasteiger partial charge in [0.1, 0.15) is 0 Å². The van der Waals surface area contributed by atoms with E-state index in [2.05, 4.69) is 73.7 Å². The third kappa shape index (κ3) is 3.76. The minimum Gasteiger partial charge on any atom is -0.285 e. The van der Waals surface area contributed by atoms with Crippen LogP contribution >= 0.6 is 0 Å². The summed E-state index contributed by atoms with van der Waals surface area (Å²) in [7, 11) is 0. The van der Waals surface area contributed by atoms with Gasteiger partial charge in [0.2, 0.25) is 0 Å². The van der Waals surface area contributed by atoms with E-state index in [1.807, 2.05) is 0 Å². The van der Waals surface area contributed by atoms with Gasteiger partial charge in [0.25, 0.3) is 0 Å². The van der Waals surface area contributed by atoms with E-state index in [4.69, 9.17) is 4.99 Å². The van der Waals surface area contributed by atoms with E-state index in [0.29, 0.717) is 17.9 Å². The van der Waals surface area contributed by atoms with Gasteiger partial charge in [0.15, 0.2) is 0 Å². The van der Waals surface area contributed by atoms with Gasteiger partial charge >= 0.3 is 0 Å². The summed E-state index contributed by atoms with van der Waals surface area (Å²) in [5.41, 5.74) is 5.63. The van der Waals surface area contributed by atoms with Crippen molar-refractivity contribution in [2.24, 2.45) is 10.9 Å². The maximum atomic E-state index is 5.26. The molecule has 1 aromatic rings. The van der Waals surface area contributed by atoms with Gasteiger partial charge in [-0.3, -0.25) is 4.99 Å². The highest BCUT2D eigenvalue weighted by molar-refractivity contribution is 6.03. The molecule has 0 fully saturated rings. The molecular formula is C24H27N. The van der Waals surface area contributed by atoms with Gasteiger partial charge in [0.05, 0.1) is 6.04 Å². The fraction of sp³-hybridized carbons (Fsp3) is 0.375. The van der Waals surface area contributed by atoms with E-state index < -0.39 is 0 Å². The van der Waals surface area contributed by atoms with Gasteiger partial charge < -0.3 is 0 Å². The zero-order valence-electron chi connectivity index (χ0n) is 15.1.